The van der Waals surface area contributed by atoms with Crippen LogP contribution in [0.25, 0.3) is 0 Å². The minimum Gasteiger partial charge on any atom is -0.366 e. The van der Waals surface area contributed by atoms with Crippen molar-refractivity contribution < 1.29 is 9.18 Å². The number of guanidine groups is 1. The number of hydrogen-bond acceptors (Lipinski definition) is 4. The Morgan fingerprint density at radius 1 is 0.966 bits per heavy atom. The quantitative estimate of drug-likeness (QED) is 0.799. The molecule has 5 nitrogen and oxygen atoms in total. The molecule has 1 fully saturated rings. The van der Waals surface area contributed by atoms with E-state index in [9.17, 15) is 9.18 Å². The van der Waals surface area contributed by atoms with Gasteiger partial charge in [0.1, 0.15) is 5.82 Å². The van der Waals surface area contributed by atoms with Crippen LogP contribution < -0.4 is 4.90 Å². The largest absolute Gasteiger partial charge is 0.366 e. The van der Waals surface area contributed by atoms with Crippen molar-refractivity contribution in [2.24, 2.45) is 4.99 Å². The summed E-state index contributed by atoms with van der Waals surface area (Å²) in [5, 5.41) is 0. The Labute approximate surface area is 171 Å². The third kappa shape index (κ3) is 3.97. The molecule has 2 aromatic carbocycles. The number of amides is 1. The lowest BCUT2D eigenvalue weighted by Gasteiger charge is -2.39. The highest BCUT2D eigenvalue weighted by molar-refractivity contribution is 6.01. The van der Waals surface area contributed by atoms with Gasteiger partial charge in [0.05, 0.1) is 18.2 Å². The molecule has 6 heteroatoms. The maximum atomic E-state index is 14.1. The van der Waals surface area contributed by atoms with E-state index in [0.29, 0.717) is 31.9 Å². The van der Waals surface area contributed by atoms with Gasteiger partial charge in [-0.2, -0.15) is 0 Å². The summed E-state index contributed by atoms with van der Waals surface area (Å²) in [6.45, 7) is 6.17. The van der Waals surface area contributed by atoms with Crippen molar-refractivity contribution in [2.75, 3.05) is 44.2 Å². The molecular formula is C23H27FN4O. The van der Waals surface area contributed by atoms with Crippen molar-refractivity contribution in [3.8, 4) is 0 Å². The zero-order chi connectivity index (χ0) is 20.2. The number of piperazine rings is 1. The van der Waals surface area contributed by atoms with Crippen molar-refractivity contribution in [1.29, 1.82) is 0 Å². The average Bonchev–Trinajstić information content (AvgIpc) is 3.25. The summed E-state index contributed by atoms with van der Waals surface area (Å²) in [5.74, 6) is 0.549. The second-order valence-electron chi connectivity index (χ2n) is 7.47. The van der Waals surface area contributed by atoms with Gasteiger partial charge in [-0.25, -0.2) is 4.39 Å². The molecule has 0 aromatic heterocycles. The molecule has 2 aliphatic rings. The number of hydrogen-bond donors (Lipinski definition) is 0. The average molecular weight is 394 g/mol. The highest BCUT2D eigenvalue weighted by atomic mass is 19.1. The normalized spacial score (nSPS) is 18.0. The highest BCUT2D eigenvalue weighted by Crippen LogP contribution is 2.25. The summed E-state index contributed by atoms with van der Waals surface area (Å²) in [6.07, 6.45) is 0.758. The van der Waals surface area contributed by atoms with Crippen LogP contribution in [0.4, 0.5) is 10.1 Å². The molecule has 0 aliphatic carbocycles. The number of carbonyl (C=O) groups excluding carboxylic acids is 1. The zero-order valence-corrected chi connectivity index (χ0v) is 16.8. The summed E-state index contributed by atoms with van der Waals surface area (Å²) < 4.78 is 14.1. The van der Waals surface area contributed by atoms with E-state index in [1.54, 1.807) is 6.07 Å². The van der Waals surface area contributed by atoms with Gasteiger partial charge in [0.2, 0.25) is 11.9 Å². The summed E-state index contributed by atoms with van der Waals surface area (Å²) in [5.41, 5.74) is 1.69. The van der Waals surface area contributed by atoms with Gasteiger partial charge < -0.3 is 9.80 Å². The van der Waals surface area contributed by atoms with E-state index in [4.69, 9.17) is 0 Å². The van der Waals surface area contributed by atoms with Crippen LogP contribution in [-0.4, -0.2) is 60.9 Å². The lowest BCUT2D eigenvalue weighted by Crippen LogP contribution is -2.54. The third-order valence-corrected chi connectivity index (χ3v) is 5.75. The Bertz CT molecular complexity index is 877. The smallest absolute Gasteiger partial charge is 0.236 e. The molecule has 2 aromatic rings. The van der Waals surface area contributed by atoms with Crippen LogP contribution in [0.1, 0.15) is 24.8 Å². The number of nitrogens with zero attached hydrogens (tertiary/aromatic N) is 4. The number of para-hydroxylation sites is 1. The molecule has 29 heavy (non-hydrogen) atoms. The van der Waals surface area contributed by atoms with Crippen LogP contribution in [0.15, 0.2) is 59.6 Å². The number of halogens is 1. The molecule has 0 spiro atoms. The van der Waals surface area contributed by atoms with E-state index in [2.05, 4.69) is 21.7 Å². The standard InChI is InChI=1S/C23H27FN4O/c1-2-19(18-8-4-3-5-9-18)22(29)28-13-12-25-23(28)27-16-14-26(15-17-27)21-11-7-6-10-20(21)24/h3-11,19H,2,12-17H2,1H3/t19-/m0/s1. The summed E-state index contributed by atoms with van der Waals surface area (Å²) in [6, 6.07) is 16.9. The van der Waals surface area contributed by atoms with E-state index in [0.717, 1.165) is 31.0 Å². The molecule has 2 heterocycles. The Morgan fingerprint density at radius 2 is 1.62 bits per heavy atom. The molecule has 0 bridgehead atoms. The van der Waals surface area contributed by atoms with Gasteiger partial charge in [-0.1, -0.05) is 49.4 Å². The van der Waals surface area contributed by atoms with E-state index >= 15 is 0 Å². The molecule has 152 valence electrons. The van der Waals surface area contributed by atoms with Crippen LogP contribution in [0.3, 0.4) is 0 Å². The summed E-state index contributed by atoms with van der Waals surface area (Å²) in [4.78, 5) is 24.0. The van der Waals surface area contributed by atoms with Gasteiger partial charge in [0, 0.05) is 32.7 Å². The lowest BCUT2D eigenvalue weighted by atomic mass is 9.95. The summed E-state index contributed by atoms with van der Waals surface area (Å²) in [7, 11) is 0. The van der Waals surface area contributed by atoms with Crippen LogP contribution >= 0.6 is 0 Å². The second-order valence-corrected chi connectivity index (χ2v) is 7.47. The van der Waals surface area contributed by atoms with Gasteiger partial charge in [0.15, 0.2) is 0 Å². The van der Waals surface area contributed by atoms with Crippen LogP contribution in [0, 0.1) is 5.82 Å². The number of rotatable bonds is 4. The first-order chi connectivity index (χ1) is 14.2. The molecule has 4 rings (SSSR count). The van der Waals surface area contributed by atoms with Gasteiger partial charge in [-0.05, 0) is 24.1 Å². The van der Waals surface area contributed by atoms with E-state index in [1.165, 1.54) is 6.07 Å². The first kappa shape index (κ1) is 19.4. The molecule has 0 radical (unpaired) electrons. The fourth-order valence-corrected chi connectivity index (χ4v) is 4.20. The Hall–Kier alpha value is -2.89. The Morgan fingerprint density at radius 3 is 2.31 bits per heavy atom. The van der Waals surface area contributed by atoms with E-state index in [-0.39, 0.29) is 17.6 Å². The van der Waals surface area contributed by atoms with Crippen molar-refractivity contribution in [1.82, 2.24) is 9.80 Å². The Kier molecular flexibility index (Phi) is 5.79. The van der Waals surface area contributed by atoms with Crippen LogP contribution in [0.5, 0.6) is 0 Å². The van der Waals surface area contributed by atoms with Crippen LogP contribution in [-0.2, 0) is 4.79 Å². The lowest BCUT2D eigenvalue weighted by molar-refractivity contribution is -0.129. The zero-order valence-electron chi connectivity index (χ0n) is 16.8. The topological polar surface area (TPSA) is 39.2 Å². The minimum absolute atomic E-state index is 0.117. The molecule has 0 N–H and O–H groups in total. The van der Waals surface area contributed by atoms with Gasteiger partial charge in [0.25, 0.3) is 0 Å². The monoisotopic (exact) mass is 394 g/mol. The van der Waals surface area contributed by atoms with Crippen molar-refractivity contribution in [3.63, 3.8) is 0 Å². The molecule has 0 unspecified atom stereocenters. The molecule has 0 saturated carbocycles. The van der Waals surface area contributed by atoms with Gasteiger partial charge >= 0.3 is 0 Å². The summed E-state index contributed by atoms with van der Waals surface area (Å²) >= 11 is 0. The minimum atomic E-state index is -0.190. The predicted octanol–water partition coefficient (Wildman–Crippen LogP) is 3.34. The van der Waals surface area contributed by atoms with Crippen molar-refractivity contribution >= 4 is 17.6 Å². The predicted molar refractivity (Wildman–Crippen MR) is 114 cm³/mol. The van der Waals surface area contributed by atoms with E-state index in [1.807, 2.05) is 47.4 Å². The SMILES string of the molecule is CC[C@H](C(=O)N1CCN=C1N1CCN(c2ccccc2F)CC1)c1ccccc1. The van der Waals surface area contributed by atoms with Crippen molar-refractivity contribution in [3.05, 3.63) is 66.0 Å². The Balaban J connectivity index is 1.44. The number of aliphatic imine (C=N–C) groups is 1. The molecule has 1 amide bonds. The number of carbonyl (C=O) groups is 1. The first-order valence-corrected chi connectivity index (χ1v) is 10.3. The number of benzene rings is 2. The third-order valence-electron chi connectivity index (χ3n) is 5.75. The van der Waals surface area contributed by atoms with Gasteiger partial charge in [-0.15, -0.1) is 0 Å². The van der Waals surface area contributed by atoms with E-state index < -0.39 is 0 Å². The second kappa shape index (κ2) is 8.64. The first-order valence-electron chi connectivity index (χ1n) is 10.3. The maximum Gasteiger partial charge on any atom is 0.236 e. The van der Waals surface area contributed by atoms with Crippen LogP contribution in [0.2, 0.25) is 0 Å². The molecule has 1 atom stereocenters. The molecular weight excluding hydrogens is 367 g/mol. The maximum absolute atomic E-state index is 14.1. The molecule has 1 saturated heterocycles. The van der Waals surface area contributed by atoms with Crippen molar-refractivity contribution in [2.45, 2.75) is 19.3 Å². The highest BCUT2D eigenvalue weighted by Gasteiger charge is 2.34. The number of anilines is 1. The molecule has 2 aliphatic heterocycles. The fraction of sp³-hybridized carbons (Fsp3) is 0.391. The van der Waals surface area contributed by atoms with Gasteiger partial charge in [-0.3, -0.25) is 14.7 Å². The fourth-order valence-electron chi connectivity index (χ4n) is 4.20.